The van der Waals surface area contributed by atoms with Crippen LogP contribution in [0.4, 0.5) is 0 Å². The summed E-state index contributed by atoms with van der Waals surface area (Å²) in [6.45, 7) is 7.77. The van der Waals surface area contributed by atoms with Gasteiger partial charge in [-0.2, -0.15) is 5.10 Å². The number of hydrogen-bond donors (Lipinski definition) is 2. The minimum absolute atomic E-state index is 0.301. The fourth-order valence-corrected chi connectivity index (χ4v) is 2.74. The van der Waals surface area contributed by atoms with Crippen molar-refractivity contribution >= 4 is 23.5 Å². The first-order chi connectivity index (χ1) is 12.1. The van der Waals surface area contributed by atoms with Gasteiger partial charge in [0, 0.05) is 11.8 Å². The summed E-state index contributed by atoms with van der Waals surface area (Å²) in [5.74, 6) is -1.53. The summed E-state index contributed by atoms with van der Waals surface area (Å²) >= 11 is 6.29. The maximum atomic E-state index is 12.8. The fraction of sp³-hybridized carbons (Fsp3) is 0.421. The van der Waals surface area contributed by atoms with E-state index in [1.807, 2.05) is 33.8 Å². The highest BCUT2D eigenvalue weighted by Gasteiger charge is 2.26. The van der Waals surface area contributed by atoms with E-state index in [9.17, 15) is 14.7 Å². The van der Waals surface area contributed by atoms with E-state index in [4.69, 9.17) is 11.6 Å². The normalized spacial score (nSPS) is 12.7. The lowest BCUT2D eigenvalue weighted by Crippen LogP contribution is -2.40. The lowest BCUT2D eigenvalue weighted by molar-refractivity contribution is -0.139. The number of carbonyl (C=O) groups is 2. The molecule has 1 heterocycles. The molecule has 140 valence electrons. The van der Waals surface area contributed by atoms with Crippen LogP contribution in [0.2, 0.25) is 5.02 Å². The van der Waals surface area contributed by atoms with Gasteiger partial charge in [-0.15, -0.1) is 0 Å². The Balaban J connectivity index is 2.49. The topological polar surface area (TPSA) is 84.2 Å². The zero-order valence-corrected chi connectivity index (χ0v) is 16.2. The summed E-state index contributed by atoms with van der Waals surface area (Å²) in [5.41, 5.74) is 1.02. The summed E-state index contributed by atoms with van der Waals surface area (Å²) in [4.78, 5) is 24.2. The monoisotopic (exact) mass is 377 g/mol. The third-order valence-electron chi connectivity index (χ3n) is 3.96. The predicted octanol–water partition coefficient (Wildman–Crippen LogP) is 3.94. The molecule has 2 rings (SSSR count). The molecule has 26 heavy (non-hydrogen) atoms. The van der Waals surface area contributed by atoms with Gasteiger partial charge in [0.25, 0.3) is 5.91 Å². The Morgan fingerprint density at radius 3 is 2.50 bits per heavy atom. The molecule has 0 saturated carbocycles. The zero-order chi connectivity index (χ0) is 19.5. The molecule has 0 aliphatic rings. The highest BCUT2D eigenvalue weighted by atomic mass is 35.5. The maximum absolute atomic E-state index is 12.8. The van der Waals surface area contributed by atoms with Crippen LogP contribution in [0, 0.1) is 0 Å². The molecular formula is C19H24ClN3O3. The van der Waals surface area contributed by atoms with Crippen LogP contribution in [0.1, 0.15) is 50.9 Å². The lowest BCUT2D eigenvalue weighted by atomic mass is 10.1. The fourth-order valence-electron chi connectivity index (χ4n) is 2.52. The quantitative estimate of drug-likeness (QED) is 0.798. The Hall–Kier alpha value is -2.34. The first kappa shape index (κ1) is 20.0. The van der Waals surface area contributed by atoms with Gasteiger partial charge in [0.1, 0.15) is 11.7 Å². The predicted molar refractivity (Wildman–Crippen MR) is 101 cm³/mol. The van der Waals surface area contributed by atoms with Crippen molar-refractivity contribution < 1.29 is 14.7 Å². The Bertz CT molecular complexity index is 809. The Morgan fingerprint density at radius 1 is 1.31 bits per heavy atom. The summed E-state index contributed by atoms with van der Waals surface area (Å²) in [6, 6.07) is 6.19. The summed E-state index contributed by atoms with van der Waals surface area (Å²) < 4.78 is 1.69. The van der Waals surface area contributed by atoms with Crippen molar-refractivity contribution in [3.05, 3.63) is 41.0 Å². The van der Waals surface area contributed by atoms with Crippen LogP contribution in [0.25, 0.3) is 11.3 Å². The van der Waals surface area contributed by atoms with Crippen molar-refractivity contribution in [2.75, 3.05) is 0 Å². The molecule has 2 aromatic rings. The van der Waals surface area contributed by atoms with Crippen LogP contribution in [-0.2, 0) is 10.3 Å². The molecule has 0 aliphatic heterocycles. The maximum Gasteiger partial charge on any atom is 0.326 e. The van der Waals surface area contributed by atoms with Crippen molar-refractivity contribution in [3.8, 4) is 11.3 Å². The number of rotatable bonds is 6. The van der Waals surface area contributed by atoms with Gasteiger partial charge in [0.05, 0.1) is 16.1 Å². The number of nitrogens with one attached hydrogen (secondary N) is 1. The first-order valence-corrected chi connectivity index (χ1v) is 8.91. The lowest BCUT2D eigenvalue weighted by Gasteiger charge is -2.18. The molecule has 0 radical (unpaired) electrons. The molecule has 0 spiro atoms. The number of benzene rings is 1. The highest BCUT2D eigenvalue weighted by molar-refractivity contribution is 6.33. The molecule has 1 aromatic carbocycles. The van der Waals surface area contributed by atoms with Gasteiger partial charge in [-0.05, 0) is 33.3 Å². The van der Waals surface area contributed by atoms with Gasteiger partial charge >= 0.3 is 5.97 Å². The van der Waals surface area contributed by atoms with Crippen molar-refractivity contribution in [2.45, 2.75) is 52.1 Å². The molecule has 7 heteroatoms. The van der Waals surface area contributed by atoms with Gasteiger partial charge < -0.3 is 10.4 Å². The summed E-state index contributed by atoms with van der Waals surface area (Å²) in [7, 11) is 0. The van der Waals surface area contributed by atoms with E-state index in [0.717, 1.165) is 0 Å². The second kappa shape index (κ2) is 7.91. The summed E-state index contributed by atoms with van der Waals surface area (Å²) in [5, 5.41) is 16.9. The van der Waals surface area contributed by atoms with Crippen LogP contribution in [0.3, 0.4) is 0 Å². The number of aromatic nitrogens is 2. The van der Waals surface area contributed by atoms with Gasteiger partial charge in [-0.1, -0.05) is 43.1 Å². The second-order valence-corrected chi connectivity index (χ2v) is 7.55. The minimum Gasteiger partial charge on any atom is -0.480 e. The van der Waals surface area contributed by atoms with E-state index in [1.54, 1.807) is 29.1 Å². The van der Waals surface area contributed by atoms with E-state index < -0.39 is 17.9 Å². The van der Waals surface area contributed by atoms with Crippen molar-refractivity contribution in [1.29, 1.82) is 0 Å². The van der Waals surface area contributed by atoms with E-state index in [0.29, 0.717) is 34.7 Å². The molecule has 1 amide bonds. The standard InChI is InChI=1S/C19H24ClN3O3/c1-5-8-15(18(25)26)21-17(24)13-11-23(19(2,3)4)22-16(13)12-9-6-7-10-14(12)20/h6-7,9-11,15H,5,8H2,1-4H3,(H,21,24)(H,25,26). The third kappa shape index (κ3) is 4.43. The van der Waals surface area contributed by atoms with Crippen molar-refractivity contribution in [3.63, 3.8) is 0 Å². The Morgan fingerprint density at radius 2 is 1.96 bits per heavy atom. The average Bonchev–Trinajstić information content (AvgIpc) is 3.00. The number of amides is 1. The van der Waals surface area contributed by atoms with E-state index >= 15 is 0 Å². The number of hydrogen-bond acceptors (Lipinski definition) is 3. The molecular weight excluding hydrogens is 354 g/mol. The molecule has 0 fully saturated rings. The van der Waals surface area contributed by atoms with Crippen LogP contribution in [-0.4, -0.2) is 32.8 Å². The number of carbonyl (C=O) groups excluding carboxylic acids is 1. The number of nitrogens with zero attached hydrogens (tertiary/aromatic N) is 2. The van der Waals surface area contributed by atoms with Gasteiger partial charge in [-0.25, -0.2) is 4.79 Å². The number of carboxylic acid groups (broad SMARTS) is 1. The van der Waals surface area contributed by atoms with Crippen LogP contribution >= 0.6 is 11.6 Å². The first-order valence-electron chi connectivity index (χ1n) is 8.53. The molecule has 0 aliphatic carbocycles. The molecule has 0 bridgehead atoms. The highest BCUT2D eigenvalue weighted by Crippen LogP contribution is 2.30. The summed E-state index contributed by atoms with van der Waals surface area (Å²) in [6.07, 6.45) is 2.64. The SMILES string of the molecule is CCCC(NC(=O)c1cn(C(C)(C)C)nc1-c1ccccc1Cl)C(=O)O. The van der Waals surface area contributed by atoms with Crippen molar-refractivity contribution in [2.24, 2.45) is 0 Å². The minimum atomic E-state index is -1.05. The molecule has 6 nitrogen and oxygen atoms in total. The molecule has 2 N–H and O–H groups in total. The molecule has 1 atom stereocenters. The van der Waals surface area contributed by atoms with E-state index in [1.165, 1.54) is 0 Å². The van der Waals surface area contributed by atoms with Gasteiger partial charge in [0.15, 0.2) is 0 Å². The molecule has 0 saturated heterocycles. The zero-order valence-electron chi connectivity index (χ0n) is 15.4. The second-order valence-electron chi connectivity index (χ2n) is 7.14. The van der Waals surface area contributed by atoms with Gasteiger partial charge in [0.2, 0.25) is 0 Å². The number of halogens is 1. The molecule has 1 unspecified atom stereocenters. The largest absolute Gasteiger partial charge is 0.480 e. The van der Waals surface area contributed by atoms with E-state index in [2.05, 4.69) is 10.4 Å². The van der Waals surface area contributed by atoms with Crippen LogP contribution < -0.4 is 5.32 Å². The average molecular weight is 378 g/mol. The van der Waals surface area contributed by atoms with Crippen LogP contribution in [0.15, 0.2) is 30.5 Å². The van der Waals surface area contributed by atoms with Gasteiger partial charge in [-0.3, -0.25) is 9.48 Å². The van der Waals surface area contributed by atoms with Crippen LogP contribution in [0.5, 0.6) is 0 Å². The Labute approximate surface area is 158 Å². The smallest absolute Gasteiger partial charge is 0.326 e. The third-order valence-corrected chi connectivity index (χ3v) is 4.29. The Kier molecular flexibility index (Phi) is 6.08. The number of aliphatic carboxylic acids is 1. The number of carboxylic acids is 1. The van der Waals surface area contributed by atoms with Crippen molar-refractivity contribution in [1.82, 2.24) is 15.1 Å². The van der Waals surface area contributed by atoms with E-state index in [-0.39, 0.29) is 5.54 Å². The molecule has 1 aromatic heterocycles.